The van der Waals surface area contributed by atoms with Gasteiger partial charge in [0.1, 0.15) is 19.0 Å². The average Bonchev–Trinajstić information content (AvgIpc) is 3.18. The molecule has 0 aliphatic carbocycles. The highest BCUT2D eigenvalue weighted by Crippen LogP contribution is 2.43. The van der Waals surface area contributed by atoms with Gasteiger partial charge < -0.3 is 19.5 Å². The minimum Gasteiger partial charge on any atom is -0.507 e. The summed E-state index contributed by atoms with van der Waals surface area (Å²) in [6.07, 6.45) is 0. The Morgan fingerprint density at radius 3 is 2.19 bits per heavy atom. The molecule has 7 nitrogen and oxygen atoms in total. The third-order valence-electron chi connectivity index (χ3n) is 6.82. The zero-order chi connectivity index (χ0) is 26.3. The summed E-state index contributed by atoms with van der Waals surface area (Å²) in [6, 6.07) is 19.5. The normalized spacial score (nSPS) is 18.4. The zero-order valence-corrected chi connectivity index (χ0v) is 21.4. The second kappa shape index (κ2) is 9.65. The first-order chi connectivity index (χ1) is 17.8. The summed E-state index contributed by atoms with van der Waals surface area (Å²) in [5.41, 5.74) is 3.84. The lowest BCUT2D eigenvalue weighted by atomic mass is 9.93. The van der Waals surface area contributed by atoms with Gasteiger partial charge in [-0.25, -0.2) is 0 Å². The van der Waals surface area contributed by atoms with Crippen LogP contribution in [0.4, 0.5) is 11.4 Å². The van der Waals surface area contributed by atoms with Gasteiger partial charge in [-0.2, -0.15) is 0 Å². The number of hydrogen-bond donors (Lipinski definition) is 1. The fourth-order valence-corrected chi connectivity index (χ4v) is 4.73. The number of Topliss-reactive ketones (excluding diaryl/α,β-unsaturated/α-hetero) is 1. The monoisotopic (exact) mass is 498 g/mol. The molecule has 3 aromatic rings. The number of aliphatic hydroxyl groups excluding tert-OH is 1. The molecular weight excluding hydrogens is 468 g/mol. The van der Waals surface area contributed by atoms with Gasteiger partial charge in [-0.3, -0.25) is 14.5 Å². The van der Waals surface area contributed by atoms with E-state index in [2.05, 4.69) is 13.8 Å². The Balaban J connectivity index is 1.66. The fourth-order valence-electron chi connectivity index (χ4n) is 4.73. The van der Waals surface area contributed by atoms with Gasteiger partial charge in [0.2, 0.25) is 0 Å². The predicted molar refractivity (Wildman–Crippen MR) is 144 cm³/mol. The third-order valence-corrected chi connectivity index (χ3v) is 6.82. The van der Waals surface area contributed by atoms with Crippen molar-refractivity contribution in [3.8, 4) is 11.5 Å². The highest BCUT2D eigenvalue weighted by molar-refractivity contribution is 6.51. The van der Waals surface area contributed by atoms with Gasteiger partial charge in [0.05, 0.1) is 11.6 Å². The summed E-state index contributed by atoms with van der Waals surface area (Å²) in [7, 11) is 3.87. The first-order valence-electron chi connectivity index (χ1n) is 12.3. The number of nitrogens with zero attached hydrogens (tertiary/aromatic N) is 2. The summed E-state index contributed by atoms with van der Waals surface area (Å²) in [4.78, 5) is 30.3. The van der Waals surface area contributed by atoms with Crippen LogP contribution in [0.25, 0.3) is 5.76 Å². The van der Waals surface area contributed by atoms with E-state index in [1.54, 1.807) is 18.2 Å². The van der Waals surface area contributed by atoms with Crippen LogP contribution in [0.1, 0.15) is 42.5 Å². The van der Waals surface area contributed by atoms with Crippen molar-refractivity contribution in [2.24, 2.45) is 0 Å². The van der Waals surface area contributed by atoms with Crippen molar-refractivity contribution in [1.82, 2.24) is 0 Å². The maximum absolute atomic E-state index is 13.5. The number of amides is 1. The van der Waals surface area contributed by atoms with E-state index in [-0.39, 0.29) is 11.3 Å². The Morgan fingerprint density at radius 2 is 1.57 bits per heavy atom. The lowest BCUT2D eigenvalue weighted by Gasteiger charge is -2.26. The standard InChI is InChI=1S/C30H30N2O5/c1-18(2)19-5-7-20(8-6-19)27-26(28(33)21-9-14-24-25(17-21)37-16-15-36-24)29(34)30(35)32(27)23-12-10-22(11-13-23)31(3)4/h5-14,17-18,27,33H,15-16H2,1-4H3/b28-26-. The van der Waals surface area contributed by atoms with E-state index in [4.69, 9.17) is 9.47 Å². The topological polar surface area (TPSA) is 79.3 Å². The quantitative estimate of drug-likeness (QED) is 0.293. The number of anilines is 2. The second-order valence-corrected chi connectivity index (χ2v) is 9.76. The van der Waals surface area contributed by atoms with E-state index in [0.29, 0.717) is 41.9 Å². The number of aliphatic hydroxyl groups is 1. The first-order valence-corrected chi connectivity index (χ1v) is 12.3. The predicted octanol–water partition coefficient (Wildman–Crippen LogP) is 5.27. The molecule has 190 valence electrons. The number of hydrogen-bond acceptors (Lipinski definition) is 6. The number of carbonyl (C=O) groups is 2. The SMILES string of the molecule is CC(C)c1ccc(C2/C(=C(/O)c3ccc4c(c3)OCCO4)C(=O)C(=O)N2c2ccc(N(C)C)cc2)cc1. The van der Waals surface area contributed by atoms with Crippen molar-refractivity contribution in [2.45, 2.75) is 25.8 Å². The molecule has 0 aromatic heterocycles. The molecule has 0 radical (unpaired) electrons. The molecule has 2 aliphatic rings. The van der Waals surface area contributed by atoms with Crippen LogP contribution in [-0.2, 0) is 9.59 Å². The van der Waals surface area contributed by atoms with Crippen molar-refractivity contribution in [3.63, 3.8) is 0 Å². The maximum Gasteiger partial charge on any atom is 0.300 e. The molecule has 7 heteroatoms. The van der Waals surface area contributed by atoms with Crippen LogP contribution in [0.2, 0.25) is 0 Å². The van der Waals surface area contributed by atoms with Crippen molar-refractivity contribution in [1.29, 1.82) is 0 Å². The molecule has 1 unspecified atom stereocenters. The number of fused-ring (bicyclic) bond motifs is 1. The van der Waals surface area contributed by atoms with E-state index in [0.717, 1.165) is 16.8 Å². The van der Waals surface area contributed by atoms with Crippen LogP contribution in [0.15, 0.2) is 72.3 Å². The van der Waals surface area contributed by atoms with Crippen molar-refractivity contribution in [3.05, 3.63) is 89.0 Å². The molecule has 2 aliphatic heterocycles. The van der Waals surface area contributed by atoms with Crippen LogP contribution >= 0.6 is 0 Å². The molecule has 1 amide bonds. The average molecular weight is 499 g/mol. The first kappa shape index (κ1) is 24.4. The maximum atomic E-state index is 13.5. The van der Waals surface area contributed by atoms with E-state index < -0.39 is 17.7 Å². The van der Waals surface area contributed by atoms with E-state index in [9.17, 15) is 14.7 Å². The minimum atomic E-state index is -0.792. The fraction of sp³-hybridized carbons (Fsp3) is 0.267. The van der Waals surface area contributed by atoms with Gasteiger partial charge in [0.15, 0.2) is 11.5 Å². The number of ether oxygens (including phenoxy) is 2. The number of benzene rings is 3. The second-order valence-electron chi connectivity index (χ2n) is 9.76. The van der Waals surface area contributed by atoms with Crippen LogP contribution in [0.5, 0.6) is 11.5 Å². The van der Waals surface area contributed by atoms with Crippen molar-refractivity contribution < 1.29 is 24.2 Å². The Kier molecular flexibility index (Phi) is 6.38. The minimum absolute atomic E-state index is 0.0376. The van der Waals surface area contributed by atoms with Crippen LogP contribution in [-0.4, -0.2) is 44.1 Å². The molecule has 1 N–H and O–H groups in total. The van der Waals surface area contributed by atoms with Gasteiger partial charge >= 0.3 is 0 Å². The summed E-state index contributed by atoms with van der Waals surface area (Å²) in [5.74, 6) is -0.277. The molecular formula is C30H30N2O5. The largest absolute Gasteiger partial charge is 0.507 e. The molecule has 3 aromatic carbocycles. The summed E-state index contributed by atoms with van der Waals surface area (Å²) in [6.45, 7) is 5.06. The molecule has 1 fully saturated rings. The molecule has 0 saturated carbocycles. The molecule has 37 heavy (non-hydrogen) atoms. The molecule has 0 spiro atoms. The highest BCUT2D eigenvalue weighted by Gasteiger charge is 2.47. The highest BCUT2D eigenvalue weighted by atomic mass is 16.6. The summed E-state index contributed by atoms with van der Waals surface area (Å²) in [5, 5.41) is 11.4. The van der Waals surface area contributed by atoms with Crippen molar-refractivity contribution >= 4 is 28.8 Å². The molecule has 1 atom stereocenters. The van der Waals surface area contributed by atoms with Gasteiger partial charge in [-0.1, -0.05) is 38.1 Å². The van der Waals surface area contributed by atoms with Gasteiger partial charge in [-0.15, -0.1) is 0 Å². The Bertz CT molecular complexity index is 1370. The third kappa shape index (κ3) is 4.42. The lowest BCUT2D eigenvalue weighted by Crippen LogP contribution is -2.29. The van der Waals surface area contributed by atoms with E-state index >= 15 is 0 Å². The lowest BCUT2D eigenvalue weighted by molar-refractivity contribution is -0.132. The smallest absolute Gasteiger partial charge is 0.300 e. The van der Waals surface area contributed by atoms with Gasteiger partial charge in [-0.05, 0) is 59.5 Å². The molecule has 5 rings (SSSR count). The number of carbonyl (C=O) groups excluding carboxylic acids is 2. The van der Waals surface area contributed by atoms with E-state index in [1.165, 1.54) is 4.90 Å². The Labute approximate surface area is 216 Å². The van der Waals surface area contributed by atoms with Crippen molar-refractivity contribution in [2.75, 3.05) is 37.1 Å². The Morgan fingerprint density at radius 1 is 0.919 bits per heavy atom. The van der Waals surface area contributed by atoms with Gasteiger partial charge in [0.25, 0.3) is 11.7 Å². The number of ketones is 1. The zero-order valence-electron chi connectivity index (χ0n) is 21.4. The van der Waals surface area contributed by atoms with E-state index in [1.807, 2.05) is 67.5 Å². The molecule has 0 bridgehead atoms. The molecule has 2 heterocycles. The summed E-state index contributed by atoms with van der Waals surface area (Å²) < 4.78 is 11.3. The number of rotatable bonds is 5. The van der Waals surface area contributed by atoms with Gasteiger partial charge in [0, 0.05) is 31.0 Å². The Hall–Kier alpha value is -4.26. The van der Waals surface area contributed by atoms with Crippen LogP contribution in [0, 0.1) is 0 Å². The van der Waals surface area contributed by atoms with Crippen LogP contribution in [0.3, 0.4) is 0 Å². The summed E-state index contributed by atoms with van der Waals surface area (Å²) >= 11 is 0. The molecule has 1 saturated heterocycles. The van der Waals surface area contributed by atoms with Crippen LogP contribution < -0.4 is 19.3 Å².